The SMILES string of the molecule is CCn1cc(NC(=S)Nc2ccc(OC)cc2)c(C(N)=O)n1. The van der Waals surface area contributed by atoms with E-state index in [-0.39, 0.29) is 5.69 Å². The molecule has 0 bridgehead atoms. The van der Waals surface area contributed by atoms with E-state index in [0.29, 0.717) is 17.3 Å². The number of methoxy groups -OCH3 is 1. The highest BCUT2D eigenvalue weighted by Crippen LogP contribution is 2.17. The van der Waals surface area contributed by atoms with Crippen molar-refractivity contribution in [3.05, 3.63) is 36.2 Å². The molecule has 116 valence electrons. The van der Waals surface area contributed by atoms with Crippen LogP contribution in [0.3, 0.4) is 0 Å². The molecule has 0 spiro atoms. The van der Waals surface area contributed by atoms with E-state index in [9.17, 15) is 4.79 Å². The highest BCUT2D eigenvalue weighted by Gasteiger charge is 2.14. The molecule has 2 aromatic rings. The number of thiocarbonyl (C=S) groups is 1. The summed E-state index contributed by atoms with van der Waals surface area (Å²) in [6.45, 7) is 2.54. The maximum absolute atomic E-state index is 11.4. The van der Waals surface area contributed by atoms with Crippen LogP contribution in [0.1, 0.15) is 17.4 Å². The Labute approximate surface area is 133 Å². The van der Waals surface area contributed by atoms with E-state index in [1.807, 2.05) is 31.2 Å². The lowest BCUT2D eigenvalue weighted by atomic mass is 10.3. The van der Waals surface area contributed by atoms with Crippen LogP contribution in [0.5, 0.6) is 5.75 Å². The number of amides is 1. The third-order valence-electron chi connectivity index (χ3n) is 2.92. The summed E-state index contributed by atoms with van der Waals surface area (Å²) in [4.78, 5) is 11.4. The molecule has 0 aliphatic carbocycles. The first-order chi connectivity index (χ1) is 10.5. The van der Waals surface area contributed by atoms with Crippen molar-refractivity contribution >= 4 is 34.6 Å². The number of aryl methyl sites for hydroxylation is 1. The number of nitrogens with one attached hydrogen (secondary N) is 2. The molecule has 0 fully saturated rings. The van der Waals surface area contributed by atoms with Gasteiger partial charge in [-0.3, -0.25) is 9.48 Å². The Morgan fingerprint density at radius 1 is 1.36 bits per heavy atom. The van der Waals surface area contributed by atoms with Crippen molar-refractivity contribution in [3.63, 3.8) is 0 Å². The van der Waals surface area contributed by atoms with Crippen LogP contribution in [0.25, 0.3) is 0 Å². The molecule has 0 aliphatic rings. The van der Waals surface area contributed by atoms with Crippen molar-refractivity contribution in [3.8, 4) is 5.75 Å². The van der Waals surface area contributed by atoms with Crippen LogP contribution in [0.2, 0.25) is 0 Å². The van der Waals surface area contributed by atoms with Crippen LogP contribution in [0.15, 0.2) is 30.5 Å². The molecular formula is C14H17N5O2S. The minimum Gasteiger partial charge on any atom is -0.497 e. The number of rotatable bonds is 5. The van der Waals surface area contributed by atoms with Gasteiger partial charge in [0.1, 0.15) is 5.75 Å². The van der Waals surface area contributed by atoms with Crippen molar-refractivity contribution in [2.75, 3.05) is 17.7 Å². The highest BCUT2D eigenvalue weighted by atomic mass is 32.1. The van der Waals surface area contributed by atoms with E-state index in [0.717, 1.165) is 11.4 Å². The first-order valence-corrected chi connectivity index (χ1v) is 7.03. The lowest BCUT2D eigenvalue weighted by Gasteiger charge is -2.10. The zero-order chi connectivity index (χ0) is 16.1. The summed E-state index contributed by atoms with van der Waals surface area (Å²) in [6.07, 6.45) is 1.68. The number of hydrogen-bond donors (Lipinski definition) is 3. The fourth-order valence-corrected chi connectivity index (χ4v) is 2.04. The zero-order valence-corrected chi connectivity index (χ0v) is 13.1. The smallest absolute Gasteiger partial charge is 0.271 e. The summed E-state index contributed by atoms with van der Waals surface area (Å²) in [5, 5.41) is 10.4. The second-order valence-corrected chi connectivity index (χ2v) is 4.83. The highest BCUT2D eigenvalue weighted by molar-refractivity contribution is 7.80. The van der Waals surface area contributed by atoms with E-state index in [1.165, 1.54) is 0 Å². The number of aromatic nitrogens is 2. The number of nitrogens with two attached hydrogens (primary N) is 1. The number of ether oxygens (including phenoxy) is 1. The van der Waals surface area contributed by atoms with Gasteiger partial charge in [-0.15, -0.1) is 0 Å². The topological polar surface area (TPSA) is 94.2 Å². The number of hydrogen-bond acceptors (Lipinski definition) is 4. The third-order valence-corrected chi connectivity index (χ3v) is 3.12. The minimum absolute atomic E-state index is 0.153. The van der Waals surface area contributed by atoms with Gasteiger partial charge in [0, 0.05) is 18.4 Å². The quantitative estimate of drug-likeness (QED) is 0.728. The second-order valence-electron chi connectivity index (χ2n) is 4.42. The minimum atomic E-state index is -0.609. The molecule has 1 heterocycles. The number of nitrogens with zero attached hydrogens (tertiary/aromatic N) is 2. The summed E-state index contributed by atoms with van der Waals surface area (Å²) in [5.41, 5.74) is 6.73. The predicted molar refractivity (Wildman–Crippen MR) is 89.3 cm³/mol. The average molecular weight is 319 g/mol. The van der Waals surface area contributed by atoms with Gasteiger partial charge < -0.3 is 21.1 Å². The van der Waals surface area contributed by atoms with Crippen molar-refractivity contribution < 1.29 is 9.53 Å². The summed E-state index contributed by atoms with van der Waals surface area (Å²) < 4.78 is 6.70. The fourth-order valence-electron chi connectivity index (χ4n) is 1.82. The normalized spacial score (nSPS) is 10.1. The number of carbonyl (C=O) groups is 1. The number of anilines is 2. The molecule has 8 heteroatoms. The van der Waals surface area contributed by atoms with E-state index < -0.39 is 5.91 Å². The Hall–Kier alpha value is -2.61. The Bertz CT molecular complexity index is 681. The van der Waals surface area contributed by atoms with Gasteiger partial charge in [0.2, 0.25) is 0 Å². The summed E-state index contributed by atoms with van der Waals surface area (Å²) >= 11 is 5.23. The molecule has 2 rings (SSSR count). The van der Waals surface area contributed by atoms with Crippen LogP contribution >= 0.6 is 12.2 Å². The first-order valence-electron chi connectivity index (χ1n) is 6.62. The molecule has 0 unspecified atom stereocenters. The van der Waals surface area contributed by atoms with Gasteiger partial charge in [-0.1, -0.05) is 0 Å². The van der Waals surface area contributed by atoms with Crippen molar-refractivity contribution in [1.82, 2.24) is 9.78 Å². The summed E-state index contributed by atoms with van der Waals surface area (Å²) in [6, 6.07) is 7.29. The van der Waals surface area contributed by atoms with Gasteiger partial charge in [-0.25, -0.2) is 0 Å². The van der Waals surface area contributed by atoms with Gasteiger partial charge in [0.25, 0.3) is 5.91 Å². The summed E-state index contributed by atoms with van der Waals surface area (Å²) in [7, 11) is 1.60. The van der Waals surface area contributed by atoms with Crippen LogP contribution in [-0.2, 0) is 6.54 Å². The lowest BCUT2D eigenvalue weighted by Crippen LogP contribution is -2.21. The molecule has 22 heavy (non-hydrogen) atoms. The number of benzene rings is 1. The van der Waals surface area contributed by atoms with Crippen LogP contribution in [0.4, 0.5) is 11.4 Å². The van der Waals surface area contributed by atoms with Gasteiger partial charge in [0.05, 0.1) is 12.8 Å². The maximum Gasteiger partial charge on any atom is 0.271 e. The second kappa shape index (κ2) is 6.90. The largest absolute Gasteiger partial charge is 0.497 e. The Kier molecular flexibility index (Phi) is 4.95. The van der Waals surface area contributed by atoms with Gasteiger partial charge in [-0.2, -0.15) is 5.10 Å². The molecule has 7 nitrogen and oxygen atoms in total. The van der Waals surface area contributed by atoms with E-state index >= 15 is 0 Å². The van der Waals surface area contributed by atoms with E-state index in [4.69, 9.17) is 22.7 Å². The fraction of sp³-hybridized carbons (Fsp3) is 0.214. The predicted octanol–water partition coefficient (Wildman–Crippen LogP) is 1.82. The standard InChI is InChI=1S/C14H17N5O2S/c1-3-19-8-11(12(18-19)13(15)20)17-14(22)16-9-4-6-10(21-2)7-5-9/h4-8H,3H2,1-2H3,(H2,15,20)(H2,16,17,22). The molecule has 4 N–H and O–H groups in total. The van der Waals surface area contributed by atoms with Gasteiger partial charge in [-0.05, 0) is 43.4 Å². The lowest BCUT2D eigenvalue weighted by molar-refractivity contribution is 0.0995. The van der Waals surface area contributed by atoms with E-state index in [1.54, 1.807) is 18.0 Å². The van der Waals surface area contributed by atoms with Gasteiger partial charge >= 0.3 is 0 Å². The molecule has 0 atom stereocenters. The molecule has 0 saturated heterocycles. The molecule has 0 saturated carbocycles. The first kappa shape index (κ1) is 15.8. The Morgan fingerprint density at radius 3 is 2.59 bits per heavy atom. The van der Waals surface area contributed by atoms with Crippen molar-refractivity contribution in [1.29, 1.82) is 0 Å². The van der Waals surface area contributed by atoms with Gasteiger partial charge in [0.15, 0.2) is 10.8 Å². The molecule has 1 aromatic heterocycles. The summed E-state index contributed by atoms with van der Waals surface area (Å²) in [5.74, 6) is 0.145. The van der Waals surface area contributed by atoms with E-state index in [2.05, 4.69) is 15.7 Å². The molecule has 1 aromatic carbocycles. The molecule has 1 amide bonds. The van der Waals surface area contributed by atoms with Crippen molar-refractivity contribution in [2.45, 2.75) is 13.5 Å². The van der Waals surface area contributed by atoms with Crippen LogP contribution in [-0.4, -0.2) is 27.9 Å². The third kappa shape index (κ3) is 3.73. The molecular weight excluding hydrogens is 302 g/mol. The number of primary amides is 1. The molecule has 0 aliphatic heterocycles. The Morgan fingerprint density at radius 2 is 2.05 bits per heavy atom. The average Bonchev–Trinajstić information content (AvgIpc) is 2.91. The maximum atomic E-state index is 11.4. The monoisotopic (exact) mass is 319 g/mol. The Balaban J connectivity index is 2.08. The van der Waals surface area contributed by atoms with Crippen molar-refractivity contribution in [2.24, 2.45) is 5.73 Å². The molecule has 0 radical (unpaired) electrons. The van der Waals surface area contributed by atoms with Crippen LogP contribution < -0.4 is 21.1 Å². The van der Waals surface area contributed by atoms with Crippen LogP contribution in [0, 0.1) is 0 Å². The number of carbonyl (C=O) groups excluding carboxylic acids is 1. The zero-order valence-electron chi connectivity index (χ0n) is 12.3.